The van der Waals surface area contributed by atoms with Crippen LogP contribution in [0.15, 0.2) is 0 Å². The van der Waals surface area contributed by atoms with Crippen LogP contribution in [-0.4, -0.2) is 9.81 Å². The Labute approximate surface area is 99.1 Å². The molecule has 1 heterocycles. The van der Waals surface area contributed by atoms with Crippen LogP contribution in [0, 0.1) is 19.8 Å². The minimum atomic E-state index is 0.611. The van der Waals surface area contributed by atoms with E-state index in [1.165, 1.54) is 22.0 Å². The minimum Gasteiger partial charge on any atom is -0.246 e. The van der Waals surface area contributed by atoms with Crippen LogP contribution in [0.25, 0.3) is 0 Å². The van der Waals surface area contributed by atoms with E-state index in [9.17, 15) is 0 Å². The summed E-state index contributed by atoms with van der Waals surface area (Å²) in [5.74, 6) is 0.717. The second kappa shape index (κ2) is 5.26. The number of hydrogen-bond acceptors (Lipinski definition) is 2. The number of thiazole rings is 1. The third kappa shape index (κ3) is 3.70. The molecule has 0 bridgehead atoms. The van der Waals surface area contributed by atoms with Gasteiger partial charge in [-0.15, -0.1) is 11.3 Å². The topological polar surface area (TPSA) is 12.9 Å². The first-order chi connectivity index (χ1) is 6.49. The molecule has 0 fully saturated rings. The van der Waals surface area contributed by atoms with Crippen LogP contribution in [0.1, 0.15) is 35.8 Å². The molecule has 1 aromatic heterocycles. The fraction of sp³-hybridized carbons (Fsp3) is 0.727. The number of halogens is 1. The van der Waals surface area contributed by atoms with Gasteiger partial charge in [0.15, 0.2) is 0 Å². The van der Waals surface area contributed by atoms with Gasteiger partial charge in [0.25, 0.3) is 0 Å². The molecule has 2 unspecified atom stereocenters. The molecule has 3 heteroatoms. The lowest BCUT2D eigenvalue weighted by atomic mass is 10.0. The van der Waals surface area contributed by atoms with Crippen molar-refractivity contribution in [3.63, 3.8) is 0 Å². The van der Waals surface area contributed by atoms with Crippen molar-refractivity contribution < 1.29 is 0 Å². The quantitative estimate of drug-likeness (QED) is 0.754. The first-order valence-corrected chi connectivity index (χ1v) is 6.79. The largest absolute Gasteiger partial charge is 0.246 e. The van der Waals surface area contributed by atoms with E-state index < -0.39 is 0 Å². The predicted octanol–water partition coefficient (Wildman–Crippen LogP) is 4.11. The maximum absolute atomic E-state index is 4.56. The summed E-state index contributed by atoms with van der Waals surface area (Å²) >= 11 is 5.43. The van der Waals surface area contributed by atoms with Crippen molar-refractivity contribution in [3.05, 3.63) is 15.6 Å². The van der Waals surface area contributed by atoms with Gasteiger partial charge in [0.05, 0.1) is 10.7 Å². The number of aromatic nitrogens is 1. The van der Waals surface area contributed by atoms with Crippen molar-refractivity contribution in [2.45, 2.75) is 45.4 Å². The molecule has 1 rings (SSSR count). The molecule has 0 aliphatic carbocycles. The van der Waals surface area contributed by atoms with Crippen molar-refractivity contribution in [3.8, 4) is 0 Å². The smallest absolute Gasteiger partial charge is 0.0933 e. The van der Waals surface area contributed by atoms with Crippen molar-refractivity contribution in [1.29, 1.82) is 0 Å². The first-order valence-electron chi connectivity index (χ1n) is 5.06. The van der Waals surface area contributed by atoms with Gasteiger partial charge in [0.1, 0.15) is 0 Å². The number of rotatable bonds is 4. The van der Waals surface area contributed by atoms with E-state index in [2.05, 4.69) is 48.6 Å². The molecule has 0 radical (unpaired) electrons. The van der Waals surface area contributed by atoms with Crippen LogP contribution in [0.2, 0.25) is 0 Å². The molecule has 1 aromatic rings. The zero-order valence-corrected chi connectivity index (χ0v) is 11.7. The number of alkyl halides is 1. The Bertz CT molecular complexity index is 274. The number of aryl methyl sites for hydroxylation is 2. The molecule has 0 aliphatic heterocycles. The maximum atomic E-state index is 4.56. The van der Waals surface area contributed by atoms with Gasteiger partial charge in [0, 0.05) is 16.1 Å². The standard InChI is InChI=1S/C11H18BrNS/c1-7(5-8(2)12)6-11-13-9(3)10(4)14-11/h7-8H,5-6H2,1-4H3. The Kier molecular flexibility index (Phi) is 4.58. The van der Waals surface area contributed by atoms with E-state index in [0.717, 1.165) is 6.42 Å². The Morgan fingerprint density at radius 3 is 2.43 bits per heavy atom. The van der Waals surface area contributed by atoms with Crippen LogP contribution >= 0.6 is 27.3 Å². The van der Waals surface area contributed by atoms with Gasteiger partial charge in [-0.1, -0.05) is 29.8 Å². The SMILES string of the molecule is Cc1nc(CC(C)CC(C)Br)sc1C. The fourth-order valence-corrected chi connectivity index (χ4v) is 3.30. The zero-order chi connectivity index (χ0) is 10.7. The molecule has 0 N–H and O–H groups in total. The van der Waals surface area contributed by atoms with E-state index in [4.69, 9.17) is 0 Å². The molecular formula is C11H18BrNS. The van der Waals surface area contributed by atoms with Crippen molar-refractivity contribution in [1.82, 2.24) is 4.98 Å². The summed E-state index contributed by atoms with van der Waals surface area (Å²) in [5, 5.41) is 1.29. The average Bonchev–Trinajstić information content (AvgIpc) is 2.28. The Morgan fingerprint density at radius 1 is 1.36 bits per heavy atom. The molecule has 80 valence electrons. The molecule has 0 saturated carbocycles. The maximum Gasteiger partial charge on any atom is 0.0933 e. The van der Waals surface area contributed by atoms with Crippen LogP contribution in [-0.2, 0) is 6.42 Å². The lowest BCUT2D eigenvalue weighted by Crippen LogP contribution is -2.04. The number of nitrogens with zero attached hydrogens (tertiary/aromatic N) is 1. The molecule has 0 saturated heterocycles. The van der Waals surface area contributed by atoms with Gasteiger partial charge >= 0.3 is 0 Å². The summed E-state index contributed by atoms with van der Waals surface area (Å²) in [6.45, 7) is 8.74. The van der Waals surface area contributed by atoms with E-state index in [1.807, 2.05) is 11.3 Å². The lowest BCUT2D eigenvalue weighted by Gasteiger charge is -2.10. The molecular weight excluding hydrogens is 258 g/mol. The van der Waals surface area contributed by atoms with Crippen LogP contribution in [0.3, 0.4) is 0 Å². The third-order valence-electron chi connectivity index (χ3n) is 2.32. The third-order valence-corrected chi connectivity index (χ3v) is 3.79. The highest BCUT2D eigenvalue weighted by Gasteiger charge is 2.10. The second-order valence-corrected chi connectivity index (χ2v) is 6.93. The van der Waals surface area contributed by atoms with E-state index in [1.54, 1.807) is 0 Å². The highest BCUT2D eigenvalue weighted by molar-refractivity contribution is 9.09. The van der Waals surface area contributed by atoms with Gasteiger partial charge < -0.3 is 0 Å². The van der Waals surface area contributed by atoms with Crippen molar-refractivity contribution in [2.75, 3.05) is 0 Å². The fourth-order valence-electron chi connectivity index (χ4n) is 1.56. The second-order valence-electron chi connectivity index (χ2n) is 4.07. The average molecular weight is 276 g/mol. The van der Waals surface area contributed by atoms with E-state index >= 15 is 0 Å². The molecule has 0 spiro atoms. The summed E-state index contributed by atoms with van der Waals surface area (Å²) < 4.78 is 0. The lowest BCUT2D eigenvalue weighted by molar-refractivity contribution is 0.531. The van der Waals surface area contributed by atoms with Crippen molar-refractivity contribution >= 4 is 27.3 Å². The Balaban J connectivity index is 2.51. The van der Waals surface area contributed by atoms with Gasteiger partial charge in [0.2, 0.25) is 0 Å². The summed E-state index contributed by atoms with van der Waals surface area (Å²) in [6, 6.07) is 0. The summed E-state index contributed by atoms with van der Waals surface area (Å²) in [7, 11) is 0. The van der Waals surface area contributed by atoms with Gasteiger partial charge in [-0.25, -0.2) is 4.98 Å². The summed E-state index contributed by atoms with van der Waals surface area (Å²) in [6.07, 6.45) is 2.34. The van der Waals surface area contributed by atoms with Gasteiger partial charge in [-0.05, 0) is 26.2 Å². The highest BCUT2D eigenvalue weighted by Crippen LogP contribution is 2.22. The van der Waals surface area contributed by atoms with Crippen molar-refractivity contribution in [2.24, 2.45) is 5.92 Å². The molecule has 0 amide bonds. The first kappa shape index (κ1) is 12.2. The van der Waals surface area contributed by atoms with E-state index in [-0.39, 0.29) is 0 Å². The van der Waals surface area contributed by atoms with Crippen LogP contribution in [0.4, 0.5) is 0 Å². The van der Waals surface area contributed by atoms with Gasteiger partial charge in [-0.3, -0.25) is 0 Å². The summed E-state index contributed by atoms with van der Waals surface area (Å²) in [5.41, 5.74) is 1.20. The molecule has 14 heavy (non-hydrogen) atoms. The highest BCUT2D eigenvalue weighted by atomic mass is 79.9. The molecule has 0 aromatic carbocycles. The van der Waals surface area contributed by atoms with Crippen LogP contribution in [0.5, 0.6) is 0 Å². The Morgan fingerprint density at radius 2 is 2.00 bits per heavy atom. The zero-order valence-electron chi connectivity index (χ0n) is 9.30. The minimum absolute atomic E-state index is 0.611. The normalized spacial score (nSPS) is 15.5. The summed E-state index contributed by atoms with van der Waals surface area (Å²) in [4.78, 5) is 6.53. The molecule has 0 aliphatic rings. The monoisotopic (exact) mass is 275 g/mol. The van der Waals surface area contributed by atoms with Gasteiger partial charge in [-0.2, -0.15) is 0 Å². The molecule has 2 atom stereocenters. The Hall–Kier alpha value is 0.110. The molecule has 1 nitrogen and oxygen atoms in total. The van der Waals surface area contributed by atoms with E-state index in [0.29, 0.717) is 10.7 Å². The predicted molar refractivity (Wildman–Crippen MR) is 67.5 cm³/mol. The number of hydrogen-bond donors (Lipinski definition) is 0. The van der Waals surface area contributed by atoms with Crippen LogP contribution < -0.4 is 0 Å².